The van der Waals surface area contributed by atoms with Crippen LogP contribution in [-0.4, -0.2) is 25.9 Å². The van der Waals surface area contributed by atoms with Crippen LogP contribution in [0.5, 0.6) is 5.75 Å². The molecule has 0 radical (unpaired) electrons. The number of carbonyl (C=O) groups excluding carboxylic acids is 1. The first kappa shape index (κ1) is 18.5. The number of benzene rings is 2. The average molecular weight is 341 g/mol. The van der Waals surface area contributed by atoms with Gasteiger partial charge in [0.25, 0.3) is 0 Å². The minimum Gasteiger partial charge on any atom is -0.489 e. The fraction of sp³-hybridized carbons (Fsp3) is 0.300. The van der Waals surface area contributed by atoms with Crippen molar-refractivity contribution in [3.63, 3.8) is 0 Å². The maximum atomic E-state index is 12.0. The molecule has 0 fully saturated rings. The van der Waals surface area contributed by atoms with Crippen molar-refractivity contribution in [2.24, 2.45) is 5.16 Å². The van der Waals surface area contributed by atoms with Crippen LogP contribution < -0.4 is 4.74 Å². The van der Waals surface area contributed by atoms with E-state index in [4.69, 9.17) is 14.3 Å². The van der Waals surface area contributed by atoms with Crippen LogP contribution in [0.2, 0.25) is 0 Å². The van der Waals surface area contributed by atoms with Gasteiger partial charge in [0.2, 0.25) is 0 Å². The lowest BCUT2D eigenvalue weighted by Gasteiger charge is -2.14. The summed E-state index contributed by atoms with van der Waals surface area (Å²) < 4.78 is 10.8. The van der Waals surface area contributed by atoms with Gasteiger partial charge in [-0.3, -0.25) is 0 Å². The molecule has 0 aliphatic carbocycles. The SMILES string of the molecule is CCCc1ccccc1OCc1ccccc1C(=NOC)C(=O)OC. The van der Waals surface area contributed by atoms with Crippen molar-refractivity contribution in [2.45, 2.75) is 26.4 Å². The van der Waals surface area contributed by atoms with Gasteiger partial charge in [0.05, 0.1) is 7.11 Å². The van der Waals surface area contributed by atoms with E-state index in [1.54, 1.807) is 6.07 Å². The molecule has 0 heterocycles. The number of carbonyl (C=O) groups is 1. The van der Waals surface area contributed by atoms with Gasteiger partial charge in [-0.15, -0.1) is 0 Å². The molecule has 0 saturated heterocycles. The Kier molecular flexibility index (Phi) is 7.01. The van der Waals surface area contributed by atoms with Gasteiger partial charge in [-0.2, -0.15) is 0 Å². The highest BCUT2D eigenvalue weighted by molar-refractivity contribution is 6.43. The van der Waals surface area contributed by atoms with Crippen molar-refractivity contribution in [2.75, 3.05) is 14.2 Å². The first-order valence-electron chi connectivity index (χ1n) is 8.19. The third-order valence-corrected chi connectivity index (χ3v) is 3.71. The molecular weight excluding hydrogens is 318 g/mol. The molecular formula is C20H23NO4. The Labute approximate surface area is 148 Å². The van der Waals surface area contributed by atoms with E-state index >= 15 is 0 Å². The fourth-order valence-electron chi connectivity index (χ4n) is 2.54. The van der Waals surface area contributed by atoms with Crippen LogP contribution >= 0.6 is 0 Å². The third kappa shape index (κ3) is 4.83. The summed E-state index contributed by atoms with van der Waals surface area (Å²) >= 11 is 0. The highest BCUT2D eigenvalue weighted by Gasteiger charge is 2.19. The summed E-state index contributed by atoms with van der Waals surface area (Å²) in [6, 6.07) is 15.4. The van der Waals surface area contributed by atoms with Gasteiger partial charge in [0.15, 0.2) is 5.71 Å². The normalized spacial score (nSPS) is 11.1. The number of hydrogen-bond acceptors (Lipinski definition) is 5. The smallest absolute Gasteiger partial charge is 0.360 e. The molecule has 0 saturated carbocycles. The van der Waals surface area contributed by atoms with Crippen molar-refractivity contribution < 1.29 is 19.1 Å². The van der Waals surface area contributed by atoms with Crippen molar-refractivity contribution in [3.05, 3.63) is 65.2 Å². The molecule has 0 atom stereocenters. The number of oxime groups is 1. The third-order valence-electron chi connectivity index (χ3n) is 3.71. The largest absolute Gasteiger partial charge is 0.489 e. The minimum absolute atomic E-state index is 0.117. The number of para-hydroxylation sites is 1. The van der Waals surface area contributed by atoms with Crippen molar-refractivity contribution >= 4 is 11.7 Å². The monoisotopic (exact) mass is 341 g/mol. The van der Waals surface area contributed by atoms with E-state index < -0.39 is 5.97 Å². The Morgan fingerprint density at radius 3 is 2.36 bits per heavy atom. The van der Waals surface area contributed by atoms with Gasteiger partial charge in [-0.1, -0.05) is 61.0 Å². The molecule has 25 heavy (non-hydrogen) atoms. The Bertz CT molecular complexity index is 740. The first-order valence-corrected chi connectivity index (χ1v) is 8.19. The van der Waals surface area contributed by atoms with Crippen LogP contribution in [-0.2, 0) is 27.4 Å². The van der Waals surface area contributed by atoms with Crippen molar-refractivity contribution in [1.82, 2.24) is 0 Å². The lowest BCUT2D eigenvalue weighted by Crippen LogP contribution is -2.19. The van der Waals surface area contributed by atoms with Gasteiger partial charge < -0.3 is 14.3 Å². The predicted octanol–water partition coefficient (Wildman–Crippen LogP) is 3.74. The zero-order valence-electron chi connectivity index (χ0n) is 14.8. The Morgan fingerprint density at radius 1 is 1.00 bits per heavy atom. The lowest BCUT2D eigenvalue weighted by atomic mass is 10.0. The molecule has 2 aromatic rings. The second-order valence-electron chi connectivity index (χ2n) is 5.42. The molecule has 5 heteroatoms. The zero-order chi connectivity index (χ0) is 18.1. The first-order chi connectivity index (χ1) is 12.2. The molecule has 0 spiro atoms. The Balaban J connectivity index is 2.27. The van der Waals surface area contributed by atoms with E-state index in [0.717, 1.165) is 24.2 Å². The van der Waals surface area contributed by atoms with E-state index in [1.807, 2.05) is 36.4 Å². The lowest BCUT2D eigenvalue weighted by molar-refractivity contribution is -0.132. The molecule has 132 valence electrons. The average Bonchev–Trinajstić information content (AvgIpc) is 2.65. The van der Waals surface area contributed by atoms with Gasteiger partial charge in [-0.25, -0.2) is 4.79 Å². The van der Waals surface area contributed by atoms with Crippen LogP contribution in [0.15, 0.2) is 53.7 Å². The topological polar surface area (TPSA) is 57.1 Å². The van der Waals surface area contributed by atoms with E-state index in [2.05, 4.69) is 18.1 Å². The molecule has 0 aromatic heterocycles. The highest BCUT2D eigenvalue weighted by atomic mass is 16.6. The summed E-state index contributed by atoms with van der Waals surface area (Å²) in [7, 11) is 2.71. The van der Waals surface area contributed by atoms with Crippen LogP contribution in [0.3, 0.4) is 0 Å². The number of ether oxygens (including phenoxy) is 2. The van der Waals surface area contributed by atoms with Gasteiger partial charge in [0, 0.05) is 5.56 Å². The summed E-state index contributed by atoms with van der Waals surface area (Å²) in [5.41, 5.74) is 2.74. The highest BCUT2D eigenvalue weighted by Crippen LogP contribution is 2.22. The minimum atomic E-state index is -0.555. The van der Waals surface area contributed by atoms with E-state index in [9.17, 15) is 4.79 Å². The second-order valence-corrected chi connectivity index (χ2v) is 5.42. The van der Waals surface area contributed by atoms with Crippen LogP contribution in [0.25, 0.3) is 0 Å². The van der Waals surface area contributed by atoms with E-state index in [-0.39, 0.29) is 5.71 Å². The summed E-state index contributed by atoms with van der Waals surface area (Å²) in [6.45, 7) is 2.45. The van der Waals surface area contributed by atoms with Crippen molar-refractivity contribution in [1.29, 1.82) is 0 Å². The van der Waals surface area contributed by atoms with Crippen LogP contribution in [0, 0.1) is 0 Å². The molecule has 2 aromatic carbocycles. The molecule has 0 aliphatic heterocycles. The van der Waals surface area contributed by atoms with E-state index in [1.165, 1.54) is 19.8 Å². The Hall–Kier alpha value is -2.82. The van der Waals surface area contributed by atoms with Crippen LogP contribution in [0.1, 0.15) is 30.0 Å². The standard InChI is InChI=1S/C20H23NO4/c1-4-9-15-10-6-8-13-18(15)25-14-16-11-5-7-12-17(16)19(21-24-3)20(22)23-2/h5-8,10-13H,4,9,14H2,1-3H3. The molecule has 0 unspecified atom stereocenters. The maximum absolute atomic E-state index is 12.0. The van der Waals surface area contributed by atoms with E-state index in [0.29, 0.717) is 12.2 Å². The number of methoxy groups -OCH3 is 1. The molecule has 0 aliphatic rings. The quantitative estimate of drug-likeness (QED) is 0.417. The number of esters is 1. The molecule has 0 amide bonds. The second kappa shape index (κ2) is 9.47. The van der Waals surface area contributed by atoms with Gasteiger partial charge in [0.1, 0.15) is 19.5 Å². The number of nitrogens with zero attached hydrogens (tertiary/aromatic N) is 1. The Morgan fingerprint density at radius 2 is 1.68 bits per heavy atom. The number of hydrogen-bond donors (Lipinski definition) is 0. The predicted molar refractivity (Wildman–Crippen MR) is 96.8 cm³/mol. The molecule has 0 bridgehead atoms. The summed E-state index contributed by atoms with van der Waals surface area (Å²) in [4.78, 5) is 16.8. The maximum Gasteiger partial charge on any atom is 0.360 e. The van der Waals surface area contributed by atoms with Crippen molar-refractivity contribution in [3.8, 4) is 5.75 Å². The van der Waals surface area contributed by atoms with Crippen LogP contribution in [0.4, 0.5) is 0 Å². The molecule has 5 nitrogen and oxygen atoms in total. The molecule has 2 rings (SSSR count). The molecule has 0 N–H and O–H groups in total. The number of rotatable bonds is 8. The summed E-state index contributed by atoms with van der Waals surface area (Å²) in [5, 5.41) is 3.81. The van der Waals surface area contributed by atoms with Gasteiger partial charge >= 0.3 is 5.97 Å². The zero-order valence-corrected chi connectivity index (χ0v) is 14.8. The fourth-order valence-corrected chi connectivity index (χ4v) is 2.54. The number of aryl methyl sites for hydroxylation is 1. The summed E-state index contributed by atoms with van der Waals surface area (Å²) in [5.74, 6) is 0.295. The van der Waals surface area contributed by atoms with Gasteiger partial charge in [-0.05, 0) is 23.6 Å². The summed E-state index contributed by atoms with van der Waals surface area (Å²) in [6.07, 6.45) is 2.00.